The molecule has 1 heterocycles. The number of aliphatic hydroxyl groups excluding tert-OH is 1. The molecular formula is C30H33N3O4. The van der Waals surface area contributed by atoms with Gasteiger partial charge in [0.2, 0.25) is 11.8 Å². The van der Waals surface area contributed by atoms with Gasteiger partial charge in [0, 0.05) is 23.2 Å². The minimum absolute atomic E-state index is 0.130. The van der Waals surface area contributed by atoms with Crippen molar-refractivity contribution in [3.05, 3.63) is 89.5 Å². The predicted molar refractivity (Wildman–Crippen MR) is 144 cm³/mol. The fourth-order valence-electron chi connectivity index (χ4n) is 4.71. The molecule has 192 valence electrons. The lowest BCUT2D eigenvalue weighted by atomic mass is 9.96. The Bertz CT molecular complexity index is 1290. The summed E-state index contributed by atoms with van der Waals surface area (Å²) in [7, 11) is 0. The van der Waals surface area contributed by atoms with Crippen LogP contribution >= 0.6 is 0 Å². The van der Waals surface area contributed by atoms with E-state index in [0.717, 1.165) is 27.9 Å². The van der Waals surface area contributed by atoms with E-state index in [9.17, 15) is 19.5 Å². The van der Waals surface area contributed by atoms with E-state index < -0.39 is 18.2 Å². The number of rotatable bonds is 8. The summed E-state index contributed by atoms with van der Waals surface area (Å²) in [5.41, 5.74) is 10.2. The number of amides is 2. The fourth-order valence-corrected chi connectivity index (χ4v) is 4.71. The van der Waals surface area contributed by atoms with E-state index >= 15 is 0 Å². The molecule has 1 aliphatic heterocycles. The van der Waals surface area contributed by atoms with E-state index in [1.807, 2.05) is 60.7 Å². The Labute approximate surface area is 217 Å². The Balaban J connectivity index is 1.59. The Hall–Kier alpha value is -3.81. The molecule has 4 rings (SSSR count). The lowest BCUT2D eigenvalue weighted by Gasteiger charge is -2.27. The number of carbonyl (C=O) groups is 3. The molecule has 1 atom stereocenters. The largest absolute Gasteiger partial charge is 0.388 e. The molecule has 0 fully saturated rings. The van der Waals surface area contributed by atoms with Crippen LogP contribution in [-0.2, 0) is 22.6 Å². The summed E-state index contributed by atoms with van der Waals surface area (Å²) in [5, 5.41) is 12.2. The van der Waals surface area contributed by atoms with E-state index in [1.54, 1.807) is 30.9 Å². The number of nitrogens with one attached hydrogen (secondary N) is 1. The van der Waals surface area contributed by atoms with Crippen LogP contribution in [0, 0.1) is 0 Å². The topological polar surface area (TPSA) is 113 Å². The van der Waals surface area contributed by atoms with Crippen molar-refractivity contribution in [3.8, 4) is 11.1 Å². The van der Waals surface area contributed by atoms with Crippen LogP contribution in [0.2, 0.25) is 0 Å². The molecule has 0 unspecified atom stereocenters. The molecule has 0 spiro atoms. The second-order valence-electron chi connectivity index (χ2n) is 10.2. The molecule has 0 radical (unpaired) electrons. The van der Waals surface area contributed by atoms with E-state index in [2.05, 4.69) is 5.32 Å². The Morgan fingerprint density at radius 2 is 1.70 bits per heavy atom. The van der Waals surface area contributed by atoms with Gasteiger partial charge in [0.05, 0.1) is 6.54 Å². The number of para-hydroxylation sites is 1. The van der Waals surface area contributed by atoms with E-state index in [1.165, 1.54) is 0 Å². The van der Waals surface area contributed by atoms with Gasteiger partial charge in [-0.1, -0.05) is 66.7 Å². The number of nitrogens with zero attached hydrogens (tertiary/aromatic N) is 1. The minimum atomic E-state index is -0.664. The fraction of sp³-hybridized carbons (Fsp3) is 0.300. The van der Waals surface area contributed by atoms with Crippen LogP contribution in [0.3, 0.4) is 0 Å². The number of benzene rings is 3. The average molecular weight is 500 g/mol. The maximum absolute atomic E-state index is 13.7. The van der Waals surface area contributed by atoms with E-state index in [4.69, 9.17) is 5.73 Å². The van der Waals surface area contributed by atoms with Gasteiger partial charge in [-0.05, 0) is 55.0 Å². The molecule has 0 aromatic heterocycles. The van der Waals surface area contributed by atoms with Crippen LogP contribution in [0.1, 0.15) is 48.2 Å². The predicted octanol–water partition coefficient (Wildman–Crippen LogP) is 3.62. The first-order valence-corrected chi connectivity index (χ1v) is 12.5. The van der Waals surface area contributed by atoms with Gasteiger partial charge in [0.1, 0.15) is 12.6 Å². The third-order valence-electron chi connectivity index (χ3n) is 6.48. The van der Waals surface area contributed by atoms with Gasteiger partial charge in [0.15, 0.2) is 5.78 Å². The van der Waals surface area contributed by atoms with Crippen molar-refractivity contribution in [2.24, 2.45) is 5.73 Å². The lowest BCUT2D eigenvalue weighted by molar-refractivity contribution is -0.128. The summed E-state index contributed by atoms with van der Waals surface area (Å²) in [4.78, 5) is 40.2. The third-order valence-corrected chi connectivity index (χ3v) is 6.48. The highest BCUT2D eigenvalue weighted by molar-refractivity contribution is 6.03. The van der Waals surface area contributed by atoms with Gasteiger partial charge >= 0.3 is 0 Å². The van der Waals surface area contributed by atoms with Crippen molar-refractivity contribution in [1.82, 2.24) is 5.32 Å². The van der Waals surface area contributed by atoms with Crippen molar-refractivity contribution in [2.75, 3.05) is 11.5 Å². The first-order valence-electron chi connectivity index (χ1n) is 12.5. The summed E-state index contributed by atoms with van der Waals surface area (Å²) in [6, 6.07) is 22.0. The van der Waals surface area contributed by atoms with Gasteiger partial charge in [0.25, 0.3) is 0 Å². The summed E-state index contributed by atoms with van der Waals surface area (Å²) in [5.74, 6) is -0.731. The molecule has 0 saturated carbocycles. The zero-order valence-corrected chi connectivity index (χ0v) is 21.2. The van der Waals surface area contributed by atoms with Crippen molar-refractivity contribution in [3.63, 3.8) is 0 Å². The standard InChI is InChI=1S/C30H33N3O4/c1-30(2,31)17-28(36)32-25-16-15-22-7-3-6-10-26(22)33(29(25)37)18-20-11-13-21(14-12-20)23-8-4-5-9-24(23)27(35)19-34/h3-14,25,34H,15-19,31H2,1-2H3,(H,32,36)/t25-/m1/s1. The van der Waals surface area contributed by atoms with Gasteiger partial charge in [-0.2, -0.15) is 0 Å². The normalized spacial score (nSPS) is 15.6. The molecule has 3 aromatic rings. The minimum Gasteiger partial charge on any atom is -0.388 e. The highest BCUT2D eigenvalue weighted by Gasteiger charge is 2.32. The highest BCUT2D eigenvalue weighted by atomic mass is 16.3. The molecule has 1 aliphatic rings. The first-order chi connectivity index (χ1) is 17.7. The number of anilines is 1. The molecule has 2 amide bonds. The zero-order chi connectivity index (χ0) is 26.6. The van der Waals surface area contributed by atoms with Crippen LogP contribution in [0.15, 0.2) is 72.8 Å². The highest BCUT2D eigenvalue weighted by Crippen LogP contribution is 2.30. The van der Waals surface area contributed by atoms with Crippen LogP contribution in [0.25, 0.3) is 11.1 Å². The average Bonchev–Trinajstić information content (AvgIpc) is 3.00. The first kappa shape index (κ1) is 26.3. The van der Waals surface area contributed by atoms with Crippen molar-refractivity contribution >= 4 is 23.3 Å². The molecule has 0 bridgehead atoms. The maximum Gasteiger partial charge on any atom is 0.249 e. The monoisotopic (exact) mass is 499 g/mol. The molecule has 37 heavy (non-hydrogen) atoms. The molecule has 0 saturated heterocycles. The number of aryl methyl sites for hydroxylation is 1. The second kappa shape index (κ2) is 11.1. The van der Waals surface area contributed by atoms with Crippen molar-refractivity contribution < 1.29 is 19.5 Å². The van der Waals surface area contributed by atoms with Gasteiger partial charge in [-0.25, -0.2) is 0 Å². The quantitative estimate of drug-likeness (QED) is 0.410. The van der Waals surface area contributed by atoms with Gasteiger partial charge in [-0.3, -0.25) is 14.4 Å². The number of hydrogen-bond acceptors (Lipinski definition) is 5. The molecule has 3 aromatic carbocycles. The smallest absolute Gasteiger partial charge is 0.249 e. The summed E-state index contributed by atoms with van der Waals surface area (Å²) < 4.78 is 0. The second-order valence-corrected chi connectivity index (χ2v) is 10.2. The maximum atomic E-state index is 13.7. The number of nitrogens with two attached hydrogens (primary N) is 1. The Morgan fingerprint density at radius 3 is 2.41 bits per heavy atom. The van der Waals surface area contributed by atoms with Gasteiger partial charge < -0.3 is 21.1 Å². The van der Waals surface area contributed by atoms with E-state index in [0.29, 0.717) is 24.9 Å². The number of hydrogen-bond donors (Lipinski definition) is 3. The number of Topliss-reactive ketones (excluding diaryl/α,β-unsaturated/α-hetero) is 1. The number of aliphatic hydroxyl groups is 1. The third kappa shape index (κ3) is 6.31. The Kier molecular flexibility index (Phi) is 7.86. The molecule has 7 nitrogen and oxygen atoms in total. The molecule has 0 aliphatic carbocycles. The Morgan fingerprint density at radius 1 is 1.03 bits per heavy atom. The van der Waals surface area contributed by atoms with Crippen LogP contribution in [0.4, 0.5) is 5.69 Å². The van der Waals surface area contributed by atoms with Crippen molar-refractivity contribution in [2.45, 2.75) is 51.2 Å². The lowest BCUT2D eigenvalue weighted by Crippen LogP contribution is -2.49. The summed E-state index contributed by atoms with van der Waals surface area (Å²) in [6.45, 7) is 3.35. The van der Waals surface area contributed by atoms with Crippen molar-refractivity contribution in [1.29, 1.82) is 0 Å². The van der Waals surface area contributed by atoms with Crippen LogP contribution < -0.4 is 16.0 Å². The molecule has 7 heteroatoms. The van der Waals surface area contributed by atoms with Crippen LogP contribution in [0.5, 0.6) is 0 Å². The summed E-state index contributed by atoms with van der Waals surface area (Å²) >= 11 is 0. The number of carbonyl (C=O) groups excluding carboxylic acids is 3. The summed E-state index contributed by atoms with van der Waals surface area (Å²) in [6.07, 6.45) is 1.31. The SMILES string of the molecule is CC(C)(N)CC(=O)N[C@@H]1CCc2ccccc2N(Cc2ccc(-c3ccccc3C(=O)CO)cc2)C1=O. The number of ketones is 1. The zero-order valence-electron chi connectivity index (χ0n) is 21.2. The van der Waals surface area contributed by atoms with E-state index in [-0.39, 0.29) is 24.0 Å². The molecular weight excluding hydrogens is 466 g/mol. The number of fused-ring (bicyclic) bond motifs is 1. The van der Waals surface area contributed by atoms with Gasteiger partial charge in [-0.15, -0.1) is 0 Å². The molecule has 4 N–H and O–H groups in total. The van der Waals surface area contributed by atoms with Crippen LogP contribution in [-0.4, -0.2) is 40.9 Å².